The van der Waals surface area contributed by atoms with Crippen LogP contribution in [0.25, 0.3) is 0 Å². The zero-order chi connectivity index (χ0) is 18.5. The molecule has 7 nitrogen and oxygen atoms in total. The first-order chi connectivity index (χ1) is 12.5. The second-order valence-electron chi connectivity index (χ2n) is 6.20. The fourth-order valence-electron chi connectivity index (χ4n) is 2.77. The van der Waals surface area contributed by atoms with E-state index in [0.29, 0.717) is 17.9 Å². The van der Waals surface area contributed by atoms with Gasteiger partial charge < -0.3 is 19.7 Å². The zero-order valence-electron chi connectivity index (χ0n) is 14.8. The van der Waals surface area contributed by atoms with Crippen LogP contribution in [0.2, 0.25) is 0 Å². The maximum atomic E-state index is 12.2. The molecule has 1 amide bonds. The smallest absolute Gasteiger partial charge is 0.342 e. The molecule has 26 heavy (non-hydrogen) atoms. The first-order valence-electron chi connectivity index (χ1n) is 8.35. The number of amides is 1. The third kappa shape index (κ3) is 4.11. The molecule has 7 heteroatoms. The van der Waals surface area contributed by atoms with E-state index in [2.05, 4.69) is 10.3 Å². The lowest BCUT2D eigenvalue weighted by atomic mass is 10.1. The van der Waals surface area contributed by atoms with Gasteiger partial charge in [-0.2, -0.15) is 0 Å². The van der Waals surface area contributed by atoms with Crippen molar-refractivity contribution in [1.82, 2.24) is 10.3 Å². The fraction of sp³-hybridized carbons (Fsp3) is 0.316. The first kappa shape index (κ1) is 17.7. The van der Waals surface area contributed by atoms with E-state index in [1.165, 1.54) is 0 Å². The highest BCUT2D eigenvalue weighted by Crippen LogP contribution is 2.27. The van der Waals surface area contributed by atoms with Crippen molar-refractivity contribution in [2.24, 2.45) is 0 Å². The van der Waals surface area contributed by atoms with E-state index in [-0.39, 0.29) is 18.6 Å². The summed E-state index contributed by atoms with van der Waals surface area (Å²) in [5.74, 6) is 0.399. The summed E-state index contributed by atoms with van der Waals surface area (Å²) in [5, 5.41) is 2.74. The number of hydrogen-bond acceptors (Lipinski definition) is 6. The minimum Gasteiger partial charge on any atom is -0.488 e. The monoisotopic (exact) mass is 355 g/mol. The Bertz CT molecular complexity index is 782. The van der Waals surface area contributed by atoms with Crippen LogP contribution in [0.15, 0.2) is 42.6 Å². The number of esters is 1. The molecular formula is C19H21N3O4. The number of aromatic nitrogens is 1. The number of nitrogens with zero attached hydrogens (tertiary/aromatic N) is 2. The Balaban J connectivity index is 1.46. The van der Waals surface area contributed by atoms with Gasteiger partial charge in [0.15, 0.2) is 6.61 Å². The van der Waals surface area contributed by atoms with Crippen molar-refractivity contribution in [2.45, 2.75) is 12.5 Å². The van der Waals surface area contributed by atoms with Gasteiger partial charge in [-0.25, -0.2) is 9.78 Å². The molecule has 0 bridgehead atoms. The number of anilines is 1. The van der Waals surface area contributed by atoms with Crippen LogP contribution in [-0.2, 0) is 16.0 Å². The second kappa shape index (κ2) is 7.86. The average Bonchev–Trinajstić information content (AvgIpc) is 3.07. The molecule has 136 valence electrons. The minimum atomic E-state index is -0.582. The van der Waals surface area contributed by atoms with Crippen LogP contribution in [0.5, 0.6) is 5.75 Å². The van der Waals surface area contributed by atoms with Gasteiger partial charge in [-0.1, -0.05) is 18.2 Å². The Morgan fingerprint density at radius 1 is 1.27 bits per heavy atom. The van der Waals surface area contributed by atoms with E-state index in [9.17, 15) is 9.59 Å². The average molecular weight is 355 g/mol. The lowest BCUT2D eigenvalue weighted by Gasteiger charge is -2.15. The number of ether oxygens (including phenoxy) is 2. The highest BCUT2D eigenvalue weighted by atomic mass is 16.5. The Kier molecular flexibility index (Phi) is 5.36. The van der Waals surface area contributed by atoms with Crippen molar-refractivity contribution in [3.63, 3.8) is 0 Å². The van der Waals surface area contributed by atoms with Gasteiger partial charge in [-0.3, -0.25) is 4.79 Å². The summed E-state index contributed by atoms with van der Waals surface area (Å²) in [6.45, 7) is 0.0150. The Morgan fingerprint density at radius 2 is 2.08 bits per heavy atom. The number of nitrogens with one attached hydrogen (secondary N) is 1. The van der Waals surface area contributed by atoms with Gasteiger partial charge in [0, 0.05) is 26.7 Å². The molecule has 1 N–H and O–H groups in total. The number of hydrogen-bond donors (Lipinski definition) is 1. The largest absolute Gasteiger partial charge is 0.488 e. The lowest BCUT2D eigenvalue weighted by Crippen LogP contribution is -2.37. The molecule has 1 aromatic heterocycles. The molecule has 0 unspecified atom stereocenters. The predicted molar refractivity (Wildman–Crippen MR) is 96.4 cm³/mol. The molecule has 0 spiro atoms. The molecule has 1 aromatic carbocycles. The SMILES string of the molecule is CN(C)c1ncccc1C(=O)OCC(=O)NC[C@H]1Cc2ccccc2O1. The number of pyridine rings is 1. The van der Waals surface area contributed by atoms with E-state index >= 15 is 0 Å². The number of rotatable bonds is 6. The molecule has 1 aliphatic rings. The molecule has 2 heterocycles. The Hall–Kier alpha value is -3.09. The number of carbonyl (C=O) groups excluding carboxylic acids is 2. The maximum absolute atomic E-state index is 12.2. The normalized spacial score (nSPS) is 14.9. The van der Waals surface area contributed by atoms with E-state index in [1.807, 2.05) is 24.3 Å². The molecule has 0 saturated heterocycles. The molecular weight excluding hydrogens is 334 g/mol. The molecule has 2 aromatic rings. The minimum absolute atomic E-state index is 0.106. The van der Waals surface area contributed by atoms with Gasteiger partial charge >= 0.3 is 5.97 Å². The van der Waals surface area contributed by atoms with Gasteiger partial charge in [-0.05, 0) is 23.8 Å². The molecule has 3 rings (SSSR count). The summed E-state index contributed by atoms with van der Waals surface area (Å²) in [5.41, 5.74) is 1.45. The zero-order valence-corrected chi connectivity index (χ0v) is 14.8. The first-order valence-corrected chi connectivity index (χ1v) is 8.35. The van der Waals surface area contributed by atoms with E-state index in [0.717, 1.165) is 17.7 Å². The summed E-state index contributed by atoms with van der Waals surface area (Å²) in [6, 6.07) is 11.1. The predicted octanol–water partition coefficient (Wildman–Crippen LogP) is 1.42. The third-order valence-corrected chi connectivity index (χ3v) is 4.01. The van der Waals surface area contributed by atoms with Crippen LogP contribution >= 0.6 is 0 Å². The Labute approximate surface area is 151 Å². The molecule has 1 aliphatic heterocycles. The summed E-state index contributed by atoms with van der Waals surface area (Å²) in [6.07, 6.45) is 2.24. The van der Waals surface area contributed by atoms with Crippen molar-refractivity contribution >= 4 is 17.7 Å². The van der Waals surface area contributed by atoms with E-state index < -0.39 is 5.97 Å². The van der Waals surface area contributed by atoms with Crippen molar-refractivity contribution in [2.75, 3.05) is 32.1 Å². The highest BCUT2D eigenvalue weighted by molar-refractivity contribution is 5.95. The standard InChI is InChI=1S/C19H21N3O4/c1-22(2)18-15(7-5-9-20-18)19(24)25-12-17(23)21-11-14-10-13-6-3-4-8-16(13)26-14/h3-9,14H,10-12H2,1-2H3,(H,21,23)/t14-/m1/s1. The summed E-state index contributed by atoms with van der Waals surface area (Å²) in [4.78, 5) is 30.0. The van der Waals surface area contributed by atoms with E-state index in [4.69, 9.17) is 9.47 Å². The third-order valence-electron chi connectivity index (χ3n) is 4.01. The number of para-hydroxylation sites is 1. The summed E-state index contributed by atoms with van der Waals surface area (Å²) in [7, 11) is 3.57. The molecule has 0 fully saturated rings. The quantitative estimate of drug-likeness (QED) is 0.790. The van der Waals surface area contributed by atoms with Crippen LogP contribution in [0.3, 0.4) is 0 Å². The molecule has 0 saturated carbocycles. The van der Waals surface area contributed by atoms with Gasteiger partial charge in [0.1, 0.15) is 23.2 Å². The molecule has 1 atom stereocenters. The number of benzene rings is 1. The van der Waals surface area contributed by atoms with Crippen molar-refractivity contribution in [3.05, 3.63) is 53.7 Å². The molecule has 0 aliphatic carbocycles. The highest BCUT2D eigenvalue weighted by Gasteiger charge is 2.23. The van der Waals surface area contributed by atoms with Gasteiger partial charge in [-0.15, -0.1) is 0 Å². The van der Waals surface area contributed by atoms with Crippen molar-refractivity contribution < 1.29 is 19.1 Å². The van der Waals surface area contributed by atoms with Crippen molar-refractivity contribution in [3.8, 4) is 5.75 Å². The van der Waals surface area contributed by atoms with Gasteiger partial charge in [0.2, 0.25) is 0 Å². The van der Waals surface area contributed by atoms with Crippen molar-refractivity contribution in [1.29, 1.82) is 0 Å². The van der Waals surface area contributed by atoms with E-state index in [1.54, 1.807) is 37.3 Å². The fourth-order valence-corrected chi connectivity index (χ4v) is 2.77. The summed E-state index contributed by atoms with van der Waals surface area (Å²) >= 11 is 0. The maximum Gasteiger partial charge on any atom is 0.342 e. The van der Waals surface area contributed by atoms with Crippen LogP contribution in [0, 0.1) is 0 Å². The van der Waals surface area contributed by atoms with Gasteiger partial charge in [0.05, 0.1) is 6.54 Å². The van der Waals surface area contributed by atoms with Crippen LogP contribution in [0.1, 0.15) is 15.9 Å². The second-order valence-corrected chi connectivity index (χ2v) is 6.20. The van der Waals surface area contributed by atoms with Crippen LogP contribution in [-0.4, -0.2) is 50.2 Å². The molecule has 0 radical (unpaired) electrons. The van der Waals surface area contributed by atoms with Crippen LogP contribution < -0.4 is 15.0 Å². The van der Waals surface area contributed by atoms with Gasteiger partial charge in [0.25, 0.3) is 5.91 Å². The lowest BCUT2D eigenvalue weighted by molar-refractivity contribution is -0.124. The number of fused-ring (bicyclic) bond motifs is 1. The summed E-state index contributed by atoms with van der Waals surface area (Å²) < 4.78 is 10.9. The van der Waals surface area contributed by atoms with Crippen LogP contribution in [0.4, 0.5) is 5.82 Å². The topological polar surface area (TPSA) is 80.8 Å². The number of carbonyl (C=O) groups is 2. The Morgan fingerprint density at radius 3 is 2.85 bits per heavy atom.